The van der Waals surface area contributed by atoms with Crippen molar-refractivity contribution in [2.24, 2.45) is 0 Å². The van der Waals surface area contributed by atoms with Crippen molar-refractivity contribution in [1.29, 1.82) is 0 Å². The molecule has 5 aromatic rings. The van der Waals surface area contributed by atoms with Gasteiger partial charge in [0.15, 0.2) is 5.82 Å². The number of halogens is 1. The summed E-state index contributed by atoms with van der Waals surface area (Å²) in [4.78, 5) is 19.0. The molecular weight excluding hydrogens is 507 g/mol. The van der Waals surface area contributed by atoms with E-state index >= 15 is 0 Å². The Kier molecular flexibility index (Phi) is 7.55. The average molecular weight is 541 g/mol. The van der Waals surface area contributed by atoms with Crippen LogP contribution in [0.25, 0.3) is 10.9 Å². The molecule has 206 valence electrons. The topological polar surface area (TPSA) is 92.8 Å². The number of benzene rings is 2. The molecule has 1 aliphatic rings. The predicted octanol–water partition coefficient (Wildman–Crippen LogP) is 6.11. The normalized spacial score (nSPS) is 15.2. The summed E-state index contributed by atoms with van der Waals surface area (Å²) in [6, 6.07) is 17.9. The Labute approximate surface area is 231 Å². The molecule has 6 rings (SSSR count). The van der Waals surface area contributed by atoms with E-state index in [1.807, 2.05) is 35.0 Å². The van der Waals surface area contributed by atoms with Gasteiger partial charge in [0, 0.05) is 17.6 Å². The van der Waals surface area contributed by atoms with E-state index in [-0.39, 0.29) is 17.4 Å². The number of aromatic nitrogens is 5. The number of rotatable bonds is 9. The summed E-state index contributed by atoms with van der Waals surface area (Å²) in [6.45, 7) is 2.94. The maximum Gasteiger partial charge on any atom is 0.253 e. The molecule has 1 saturated carbocycles. The molecule has 0 saturated heterocycles. The quantitative estimate of drug-likeness (QED) is 0.243. The molecule has 1 N–H and O–H groups in total. The van der Waals surface area contributed by atoms with Crippen LogP contribution in [0.2, 0.25) is 0 Å². The van der Waals surface area contributed by atoms with Gasteiger partial charge in [-0.25, -0.2) is 9.07 Å². The first-order valence-electron chi connectivity index (χ1n) is 14.0. The minimum Gasteiger partial charge on any atom is -0.468 e. The van der Waals surface area contributed by atoms with E-state index in [1.54, 1.807) is 18.4 Å². The van der Waals surface area contributed by atoms with Crippen LogP contribution in [0.5, 0.6) is 0 Å². The first-order chi connectivity index (χ1) is 19.6. The largest absolute Gasteiger partial charge is 0.468 e. The van der Waals surface area contributed by atoms with Crippen molar-refractivity contribution >= 4 is 10.9 Å². The second-order valence-corrected chi connectivity index (χ2v) is 10.6. The highest BCUT2D eigenvalue weighted by Gasteiger charge is 2.33. The number of hydrogen-bond donors (Lipinski definition) is 1. The number of aryl methyl sites for hydroxylation is 1. The summed E-state index contributed by atoms with van der Waals surface area (Å²) < 4.78 is 21.5. The number of tetrazole rings is 1. The van der Waals surface area contributed by atoms with E-state index in [9.17, 15) is 9.18 Å². The Balaban J connectivity index is 1.53. The SMILES string of the molecule is CCc1ccc2[nH]c(=O)c([C@H](c3nnnn3C3CCCCC3)N(Cc3ccc(F)cc3)Cc3ccco3)cc2c1. The highest BCUT2D eigenvalue weighted by Crippen LogP contribution is 2.34. The van der Waals surface area contributed by atoms with Crippen LogP contribution in [0.15, 0.2) is 76.1 Å². The van der Waals surface area contributed by atoms with Crippen LogP contribution in [-0.2, 0) is 19.5 Å². The molecule has 1 fully saturated rings. The molecule has 3 aromatic heterocycles. The Hall–Kier alpha value is -4.11. The van der Waals surface area contributed by atoms with Gasteiger partial charge in [0.1, 0.15) is 17.6 Å². The lowest BCUT2D eigenvalue weighted by Gasteiger charge is -2.32. The van der Waals surface area contributed by atoms with E-state index in [1.165, 1.54) is 24.1 Å². The van der Waals surface area contributed by atoms with Crippen molar-refractivity contribution in [2.75, 3.05) is 0 Å². The summed E-state index contributed by atoms with van der Waals surface area (Å²) in [6.07, 6.45) is 7.97. The minimum atomic E-state index is -0.578. The monoisotopic (exact) mass is 540 g/mol. The van der Waals surface area contributed by atoms with E-state index < -0.39 is 6.04 Å². The van der Waals surface area contributed by atoms with Gasteiger partial charge in [0.25, 0.3) is 5.56 Å². The lowest BCUT2D eigenvalue weighted by Crippen LogP contribution is -2.35. The van der Waals surface area contributed by atoms with Crippen molar-refractivity contribution < 1.29 is 8.81 Å². The van der Waals surface area contributed by atoms with Crippen LogP contribution in [0.3, 0.4) is 0 Å². The van der Waals surface area contributed by atoms with Crippen molar-refractivity contribution in [3.05, 3.63) is 111 Å². The van der Waals surface area contributed by atoms with Gasteiger partial charge in [-0.3, -0.25) is 9.69 Å². The summed E-state index contributed by atoms with van der Waals surface area (Å²) in [5.74, 6) is 1.07. The van der Waals surface area contributed by atoms with Crippen LogP contribution >= 0.6 is 0 Å². The lowest BCUT2D eigenvalue weighted by molar-refractivity contribution is 0.173. The van der Waals surface area contributed by atoms with Crippen LogP contribution in [-0.4, -0.2) is 30.1 Å². The highest BCUT2D eigenvalue weighted by molar-refractivity contribution is 5.80. The molecule has 2 aromatic carbocycles. The fourth-order valence-corrected chi connectivity index (χ4v) is 5.83. The molecule has 8 nitrogen and oxygen atoms in total. The third-order valence-electron chi connectivity index (χ3n) is 7.93. The standard InChI is InChI=1S/C31H33FN6O2/c1-2-21-12-15-28-23(17-21)18-27(31(39)33-28)29(30-34-35-36-38(30)25-7-4-3-5-8-25)37(20-26-9-6-16-40-26)19-22-10-13-24(32)14-11-22/h6,9-18,25,29H,2-5,7-8,19-20H2,1H3,(H,33,39)/t29-/m1/s1. The number of fused-ring (bicyclic) bond motifs is 1. The average Bonchev–Trinajstić information content (AvgIpc) is 3.68. The van der Waals surface area contributed by atoms with Gasteiger partial charge in [0.05, 0.1) is 18.8 Å². The van der Waals surface area contributed by atoms with Crippen LogP contribution in [0, 0.1) is 5.82 Å². The number of pyridine rings is 1. The molecule has 0 unspecified atom stereocenters. The van der Waals surface area contributed by atoms with Crippen molar-refractivity contribution in [1.82, 2.24) is 30.1 Å². The van der Waals surface area contributed by atoms with Gasteiger partial charge in [-0.15, -0.1) is 5.10 Å². The van der Waals surface area contributed by atoms with Gasteiger partial charge in [-0.05, 0) is 88.7 Å². The molecule has 3 heterocycles. The van der Waals surface area contributed by atoms with Crippen LogP contribution in [0.1, 0.15) is 79.4 Å². The summed E-state index contributed by atoms with van der Waals surface area (Å²) in [5.41, 5.74) is 3.24. The first-order valence-corrected chi connectivity index (χ1v) is 14.0. The Morgan fingerprint density at radius 1 is 1.05 bits per heavy atom. The molecule has 9 heteroatoms. The zero-order valence-electron chi connectivity index (χ0n) is 22.6. The smallest absolute Gasteiger partial charge is 0.253 e. The van der Waals surface area contributed by atoms with Crippen molar-refractivity contribution in [2.45, 2.75) is 70.6 Å². The number of furan rings is 1. The molecule has 0 amide bonds. The summed E-state index contributed by atoms with van der Waals surface area (Å²) >= 11 is 0. The van der Waals surface area contributed by atoms with Crippen molar-refractivity contribution in [3.63, 3.8) is 0 Å². The Bertz CT molecular complexity index is 1620. The van der Waals surface area contributed by atoms with Gasteiger partial charge >= 0.3 is 0 Å². The van der Waals surface area contributed by atoms with Crippen LogP contribution in [0.4, 0.5) is 4.39 Å². The van der Waals surface area contributed by atoms with Crippen molar-refractivity contribution in [3.8, 4) is 0 Å². The Morgan fingerprint density at radius 3 is 2.60 bits per heavy atom. The van der Waals surface area contributed by atoms with Gasteiger partial charge in [0.2, 0.25) is 0 Å². The highest BCUT2D eigenvalue weighted by atomic mass is 19.1. The van der Waals surface area contributed by atoms with Gasteiger partial charge in [-0.2, -0.15) is 0 Å². The number of nitrogens with one attached hydrogen (secondary N) is 1. The predicted molar refractivity (Wildman–Crippen MR) is 150 cm³/mol. The number of nitrogens with zero attached hydrogens (tertiary/aromatic N) is 5. The van der Waals surface area contributed by atoms with E-state index in [0.29, 0.717) is 24.5 Å². The number of H-pyrrole nitrogens is 1. The molecule has 1 atom stereocenters. The molecule has 0 bridgehead atoms. The van der Waals surface area contributed by atoms with E-state index in [4.69, 9.17) is 4.42 Å². The van der Waals surface area contributed by atoms with E-state index in [2.05, 4.69) is 38.4 Å². The maximum absolute atomic E-state index is 13.8. The molecule has 0 radical (unpaired) electrons. The second kappa shape index (κ2) is 11.6. The first kappa shape index (κ1) is 26.1. The zero-order valence-corrected chi connectivity index (χ0v) is 22.6. The molecule has 0 aliphatic heterocycles. The fourth-order valence-electron chi connectivity index (χ4n) is 5.83. The Morgan fingerprint density at radius 2 is 1.85 bits per heavy atom. The summed E-state index contributed by atoms with van der Waals surface area (Å²) in [7, 11) is 0. The lowest BCUT2D eigenvalue weighted by atomic mass is 9.95. The van der Waals surface area contributed by atoms with Crippen LogP contribution < -0.4 is 5.56 Å². The van der Waals surface area contributed by atoms with E-state index in [0.717, 1.165) is 54.3 Å². The maximum atomic E-state index is 13.8. The molecule has 0 spiro atoms. The third kappa shape index (κ3) is 5.47. The number of aromatic amines is 1. The molecule has 40 heavy (non-hydrogen) atoms. The molecular formula is C31H33FN6O2. The number of hydrogen-bond acceptors (Lipinski definition) is 6. The van der Waals surface area contributed by atoms with Gasteiger partial charge < -0.3 is 9.40 Å². The third-order valence-corrected chi connectivity index (χ3v) is 7.93. The molecule has 1 aliphatic carbocycles. The second-order valence-electron chi connectivity index (χ2n) is 10.6. The summed E-state index contributed by atoms with van der Waals surface area (Å²) in [5, 5.41) is 14.1. The fraction of sp³-hybridized carbons (Fsp3) is 0.355. The van der Waals surface area contributed by atoms with Gasteiger partial charge in [-0.1, -0.05) is 44.4 Å². The zero-order chi connectivity index (χ0) is 27.5. The minimum absolute atomic E-state index is 0.170.